The van der Waals surface area contributed by atoms with Gasteiger partial charge in [0, 0.05) is 0 Å². The van der Waals surface area contributed by atoms with Gasteiger partial charge in [0.1, 0.15) is 11.5 Å². The van der Waals surface area contributed by atoms with Gasteiger partial charge < -0.3 is 9.84 Å². The van der Waals surface area contributed by atoms with E-state index in [1.165, 1.54) is 0 Å². The van der Waals surface area contributed by atoms with E-state index in [9.17, 15) is 5.11 Å². The molecular weight excluding hydrogens is 176 g/mol. The highest BCUT2D eigenvalue weighted by molar-refractivity contribution is 5.45. The third-order valence-corrected chi connectivity index (χ3v) is 2.12. The van der Waals surface area contributed by atoms with E-state index >= 15 is 0 Å². The molecule has 0 aliphatic rings. The Morgan fingerprint density at radius 3 is 2.50 bits per heavy atom. The normalized spacial score (nSPS) is 10.6. The molecule has 0 aromatic heterocycles. The van der Waals surface area contributed by atoms with Gasteiger partial charge in [-0.05, 0) is 50.5 Å². The summed E-state index contributed by atoms with van der Waals surface area (Å²) in [4.78, 5) is 0. The second-order valence-corrected chi connectivity index (χ2v) is 3.77. The lowest BCUT2D eigenvalue weighted by atomic mass is 10.1. The highest BCUT2D eigenvalue weighted by Gasteiger charge is 2.07. The fraction of sp³-hybridized carbons (Fsp3) is 0.500. The van der Waals surface area contributed by atoms with E-state index in [1.54, 1.807) is 6.07 Å². The highest BCUT2D eigenvalue weighted by Crippen LogP contribution is 2.28. The first-order chi connectivity index (χ1) is 6.54. The zero-order chi connectivity index (χ0) is 10.7. The summed E-state index contributed by atoms with van der Waals surface area (Å²) in [5.41, 5.74) is 1.92. The minimum absolute atomic E-state index is 0.169. The Labute approximate surface area is 85.5 Å². The highest BCUT2D eigenvalue weighted by atomic mass is 16.5. The van der Waals surface area contributed by atoms with Gasteiger partial charge in [-0.2, -0.15) is 0 Å². The van der Waals surface area contributed by atoms with E-state index in [-0.39, 0.29) is 6.10 Å². The van der Waals surface area contributed by atoms with Crippen molar-refractivity contribution in [2.24, 2.45) is 0 Å². The van der Waals surface area contributed by atoms with Crippen molar-refractivity contribution in [1.82, 2.24) is 0 Å². The number of aromatic hydroxyl groups is 1. The molecule has 2 nitrogen and oxygen atoms in total. The first-order valence-electron chi connectivity index (χ1n) is 5.03. The smallest absolute Gasteiger partial charge is 0.123 e. The van der Waals surface area contributed by atoms with Crippen molar-refractivity contribution in [3.8, 4) is 11.5 Å². The topological polar surface area (TPSA) is 29.5 Å². The van der Waals surface area contributed by atoms with Crippen LogP contribution in [0.4, 0.5) is 0 Å². The fourth-order valence-electron chi connectivity index (χ4n) is 1.38. The molecule has 0 bridgehead atoms. The molecule has 0 heterocycles. The molecule has 0 aliphatic carbocycles. The van der Waals surface area contributed by atoms with Crippen LogP contribution < -0.4 is 4.74 Å². The summed E-state index contributed by atoms with van der Waals surface area (Å²) >= 11 is 0. The quantitative estimate of drug-likeness (QED) is 0.801. The first kappa shape index (κ1) is 10.9. The number of phenolic OH excluding ortho intramolecular Hbond substituents is 1. The van der Waals surface area contributed by atoms with Crippen molar-refractivity contribution in [3.63, 3.8) is 0 Å². The fourth-order valence-corrected chi connectivity index (χ4v) is 1.38. The summed E-state index contributed by atoms with van der Waals surface area (Å²) in [7, 11) is 0. The molecule has 14 heavy (non-hydrogen) atoms. The SMILES string of the molecule is CCc1cc(OC(C)C)c(C)cc1O. The van der Waals surface area contributed by atoms with E-state index < -0.39 is 0 Å². The van der Waals surface area contributed by atoms with Gasteiger partial charge in [-0.3, -0.25) is 0 Å². The molecule has 1 aromatic rings. The molecule has 0 unspecified atom stereocenters. The lowest BCUT2D eigenvalue weighted by Gasteiger charge is -2.14. The molecule has 2 heteroatoms. The van der Waals surface area contributed by atoms with E-state index in [1.807, 2.05) is 33.8 Å². The van der Waals surface area contributed by atoms with Crippen LogP contribution in [-0.4, -0.2) is 11.2 Å². The van der Waals surface area contributed by atoms with E-state index in [4.69, 9.17) is 4.74 Å². The summed E-state index contributed by atoms with van der Waals surface area (Å²) < 4.78 is 5.63. The maximum Gasteiger partial charge on any atom is 0.123 e. The van der Waals surface area contributed by atoms with Crippen LogP contribution in [-0.2, 0) is 6.42 Å². The number of hydrogen-bond acceptors (Lipinski definition) is 2. The largest absolute Gasteiger partial charge is 0.508 e. The predicted octanol–water partition coefficient (Wildman–Crippen LogP) is 3.05. The van der Waals surface area contributed by atoms with Crippen LogP contribution in [0.3, 0.4) is 0 Å². The van der Waals surface area contributed by atoms with Crippen LogP contribution in [0.5, 0.6) is 11.5 Å². The maximum absolute atomic E-state index is 9.59. The van der Waals surface area contributed by atoms with E-state index in [2.05, 4.69) is 0 Å². The van der Waals surface area contributed by atoms with Gasteiger partial charge in [0.25, 0.3) is 0 Å². The van der Waals surface area contributed by atoms with Crippen molar-refractivity contribution in [2.45, 2.75) is 40.2 Å². The third kappa shape index (κ3) is 2.41. The zero-order valence-electron chi connectivity index (χ0n) is 9.29. The Hall–Kier alpha value is -1.18. The molecule has 0 radical (unpaired) electrons. The molecule has 78 valence electrons. The molecule has 1 N–H and O–H groups in total. The number of ether oxygens (including phenoxy) is 1. The van der Waals surface area contributed by atoms with Gasteiger partial charge in [-0.15, -0.1) is 0 Å². The van der Waals surface area contributed by atoms with Crippen molar-refractivity contribution in [3.05, 3.63) is 23.3 Å². The van der Waals surface area contributed by atoms with Crippen LogP contribution in [0.1, 0.15) is 31.9 Å². The molecule has 0 saturated carbocycles. The molecule has 0 fully saturated rings. The summed E-state index contributed by atoms with van der Waals surface area (Å²) in [6.45, 7) is 7.95. The Morgan fingerprint density at radius 2 is 2.00 bits per heavy atom. The molecule has 0 saturated heterocycles. The average Bonchev–Trinajstić information content (AvgIpc) is 2.09. The van der Waals surface area contributed by atoms with Crippen LogP contribution in [0.2, 0.25) is 0 Å². The minimum Gasteiger partial charge on any atom is -0.508 e. The molecule has 0 amide bonds. The van der Waals surface area contributed by atoms with Crippen LogP contribution in [0.15, 0.2) is 12.1 Å². The number of benzene rings is 1. The summed E-state index contributed by atoms with van der Waals surface area (Å²) in [5, 5.41) is 9.59. The minimum atomic E-state index is 0.169. The Balaban J connectivity index is 3.04. The van der Waals surface area contributed by atoms with E-state index in [0.29, 0.717) is 5.75 Å². The lowest BCUT2D eigenvalue weighted by Crippen LogP contribution is -2.07. The van der Waals surface area contributed by atoms with Crippen LogP contribution in [0.25, 0.3) is 0 Å². The molecule has 0 aliphatic heterocycles. The van der Waals surface area contributed by atoms with Gasteiger partial charge in [-0.25, -0.2) is 0 Å². The molecule has 1 aromatic carbocycles. The number of rotatable bonds is 3. The monoisotopic (exact) mass is 194 g/mol. The van der Waals surface area contributed by atoms with E-state index in [0.717, 1.165) is 23.3 Å². The lowest BCUT2D eigenvalue weighted by molar-refractivity contribution is 0.240. The number of phenols is 1. The maximum atomic E-state index is 9.59. The van der Waals surface area contributed by atoms with Gasteiger partial charge in [0.15, 0.2) is 0 Å². The van der Waals surface area contributed by atoms with Crippen LogP contribution >= 0.6 is 0 Å². The van der Waals surface area contributed by atoms with Crippen LogP contribution in [0, 0.1) is 6.92 Å². The van der Waals surface area contributed by atoms with Gasteiger partial charge in [-0.1, -0.05) is 6.92 Å². The Morgan fingerprint density at radius 1 is 1.36 bits per heavy atom. The molecule has 0 spiro atoms. The van der Waals surface area contributed by atoms with Gasteiger partial charge in [0.2, 0.25) is 0 Å². The summed E-state index contributed by atoms with van der Waals surface area (Å²) in [5.74, 6) is 1.23. The van der Waals surface area contributed by atoms with Crippen molar-refractivity contribution in [1.29, 1.82) is 0 Å². The standard InChI is InChI=1S/C12H18O2/c1-5-10-7-12(14-8(2)3)9(4)6-11(10)13/h6-8,13H,5H2,1-4H3. The van der Waals surface area contributed by atoms with Crippen molar-refractivity contribution < 1.29 is 9.84 Å². The van der Waals surface area contributed by atoms with Gasteiger partial charge in [0.05, 0.1) is 6.10 Å². The Bertz CT molecular complexity index is 316. The zero-order valence-corrected chi connectivity index (χ0v) is 9.29. The Kier molecular flexibility index (Phi) is 3.39. The molecule has 0 atom stereocenters. The number of hydrogen-bond donors (Lipinski definition) is 1. The van der Waals surface area contributed by atoms with Crippen molar-refractivity contribution in [2.75, 3.05) is 0 Å². The second-order valence-electron chi connectivity index (χ2n) is 3.77. The third-order valence-electron chi connectivity index (χ3n) is 2.12. The number of aryl methyl sites for hydroxylation is 2. The van der Waals surface area contributed by atoms with Crippen molar-refractivity contribution >= 4 is 0 Å². The molecular formula is C12H18O2. The summed E-state index contributed by atoms with van der Waals surface area (Å²) in [6, 6.07) is 3.68. The molecule has 1 rings (SSSR count). The predicted molar refractivity (Wildman–Crippen MR) is 58.0 cm³/mol. The second kappa shape index (κ2) is 4.36. The summed E-state index contributed by atoms with van der Waals surface area (Å²) in [6.07, 6.45) is 0.989. The first-order valence-corrected chi connectivity index (χ1v) is 5.03. The van der Waals surface area contributed by atoms with Gasteiger partial charge >= 0.3 is 0 Å². The average molecular weight is 194 g/mol.